The Labute approximate surface area is 82.6 Å². The van der Waals surface area contributed by atoms with Gasteiger partial charge in [0, 0.05) is 6.20 Å². The van der Waals surface area contributed by atoms with Gasteiger partial charge in [0.05, 0.1) is 17.8 Å². The van der Waals surface area contributed by atoms with E-state index in [2.05, 4.69) is 10.3 Å². The van der Waals surface area contributed by atoms with Gasteiger partial charge in [0.25, 0.3) is 0 Å². The first kappa shape index (κ1) is 10.2. The first-order valence-electron chi connectivity index (χ1n) is 4.31. The van der Waals surface area contributed by atoms with Crippen LogP contribution in [0.1, 0.15) is 25.1 Å². The van der Waals surface area contributed by atoms with E-state index < -0.39 is 0 Å². The van der Waals surface area contributed by atoms with Crippen LogP contribution in [0.25, 0.3) is 0 Å². The molecule has 1 N–H and O–H groups in total. The Morgan fingerprint density at radius 2 is 2.50 bits per heavy atom. The lowest BCUT2D eigenvalue weighted by Gasteiger charge is -2.11. The number of aromatic nitrogens is 1. The van der Waals surface area contributed by atoms with E-state index in [0.29, 0.717) is 0 Å². The molecule has 0 radical (unpaired) electrons. The molecule has 4 heteroatoms. The summed E-state index contributed by atoms with van der Waals surface area (Å²) in [5.74, 6) is -0.273. The Morgan fingerprint density at radius 3 is 3.07 bits per heavy atom. The molecule has 1 aromatic rings. The molecule has 72 valence electrons. The lowest BCUT2D eigenvalue weighted by molar-refractivity contribution is -0.120. The maximum Gasteiger partial charge on any atom is 0.234 e. The monoisotopic (exact) mass is 189 g/mol. The van der Waals surface area contributed by atoms with E-state index in [1.165, 1.54) is 0 Å². The van der Waals surface area contributed by atoms with E-state index in [9.17, 15) is 4.79 Å². The van der Waals surface area contributed by atoms with Crippen molar-refractivity contribution >= 4 is 5.91 Å². The Balaban J connectivity index is 2.56. The van der Waals surface area contributed by atoms with Crippen LogP contribution in [0.3, 0.4) is 0 Å². The van der Waals surface area contributed by atoms with Crippen LogP contribution in [0.5, 0.6) is 0 Å². The molecule has 1 atom stereocenters. The third kappa shape index (κ3) is 2.87. The average molecular weight is 189 g/mol. The minimum atomic E-state index is -0.273. The lowest BCUT2D eigenvalue weighted by Crippen LogP contribution is -2.26. The van der Waals surface area contributed by atoms with Crippen LogP contribution in [0, 0.1) is 11.3 Å². The molecule has 0 fully saturated rings. The van der Waals surface area contributed by atoms with Crippen molar-refractivity contribution in [3.63, 3.8) is 0 Å². The quantitative estimate of drug-likeness (QED) is 0.776. The number of nitrogens with zero attached hydrogens (tertiary/aromatic N) is 2. The van der Waals surface area contributed by atoms with Crippen molar-refractivity contribution < 1.29 is 4.79 Å². The van der Waals surface area contributed by atoms with Crippen LogP contribution in [0.15, 0.2) is 24.4 Å². The van der Waals surface area contributed by atoms with Crippen molar-refractivity contribution in [3.05, 3.63) is 30.1 Å². The topological polar surface area (TPSA) is 65.8 Å². The summed E-state index contributed by atoms with van der Waals surface area (Å²) in [6.07, 6.45) is 1.56. The predicted octanol–water partition coefficient (Wildman–Crippen LogP) is 1.17. The Bertz CT molecular complexity index is 342. The van der Waals surface area contributed by atoms with Crippen LogP contribution in [-0.4, -0.2) is 10.9 Å². The van der Waals surface area contributed by atoms with E-state index in [4.69, 9.17) is 5.26 Å². The highest BCUT2D eigenvalue weighted by Crippen LogP contribution is 2.07. The Hall–Kier alpha value is -1.89. The summed E-state index contributed by atoms with van der Waals surface area (Å²) in [6, 6.07) is 7.14. The molecular formula is C10H11N3O. The number of pyridine rings is 1. The molecule has 0 aliphatic heterocycles. The standard InChI is InChI=1S/C10H11N3O/c1-8(13-10(14)5-6-11)9-4-2-3-7-12-9/h2-4,7-8H,5H2,1H3,(H,13,14). The number of rotatable bonds is 3. The molecule has 0 saturated carbocycles. The number of hydrogen-bond acceptors (Lipinski definition) is 3. The van der Waals surface area contributed by atoms with Crippen molar-refractivity contribution in [2.24, 2.45) is 0 Å². The molecular weight excluding hydrogens is 178 g/mol. The van der Waals surface area contributed by atoms with Crippen molar-refractivity contribution in [2.75, 3.05) is 0 Å². The van der Waals surface area contributed by atoms with E-state index in [1.807, 2.05) is 25.1 Å². The Kier molecular flexibility index (Phi) is 3.62. The molecule has 0 aliphatic carbocycles. The fourth-order valence-electron chi connectivity index (χ4n) is 1.07. The Morgan fingerprint density at radius 1 is 1.71 bits per heavy atom. The second-order valence-corrected chi connectivity index (χ2v) is 2.88. The summed E-state index contributed by atoms with van der Waals surface area (Å²) in [5.41, 5.74) is 0.791. The number of hydrogen-bond donors (Lipinski definition) is 1. The van der Waals surface area contributed by atoms with Gasteiger partial charge in [0.2, 0.25) is 5.91 Å². The summed E-state index contributed by atoms with van der Waals surface area (Å²) in [6.45, 7) is 1.83. The van der Waals surface area contributed by atoms with Crippen LogP contribution in [-0.2, 0) is 4.79 Å². The van der Waals surface area contributed by atoms with Gasteiger partial charge < -0.3 is 5.32 Å². The first-order chi connectivity index (χ1) is 6.74. The van der Waals surface area contributed by atoms with Gasteiger partial charge in [-0.15, -0.1) is 0 Å². The molecule has 0 aliphatic rings. The maximum atomic E-state index is 11.1. The fourth-order valence-corrected chi connectivity index (χ4v) is 1.07. The normalized spacial score (nSPS) is 11.4. The van der Waals surface area contributed by atoms with Crippen molar-refractivity contribution in [1.82, 2.24) is 10.3 Å². The molecule has 1 heterocycles. The van der Waals surface area contributed by atoms with E-state index >= 15 is 0 Å². The van der Waals surface area contributed by atoms with Gasteiger partial charge in [0.1, 0.15) is 6.42 Å². The zero-order valence-electron chi connectivity index (χ0n) is 7.90. The molecule has 1 amide bonds. The van der Waals surface area contributed by atoms with Crippen LogP contribution < -0.4 is 5.32 Å². The summed E-state index contributed by atoms with van der Waals surface area (Å²) in [5, 5.41) is 11.0. The highest BCUT2D eigenvalue weighted by Gasteiger charge is 2.08. The van der Waals surface area contributed by atoms with Gasteiger partial charge in [-0.3, -0.25) is 9.78 Å². The molecule has 4 nitrogen and oxygen atoms in total. The van der Waals surface area contributed by atoms with E-state index in [1.54, 1.807) is 12.3 Å². The number of nitrogens with one attached hydrogen (secondary N) is 1. The van der Waals surface area contributed by atoms with Gasteiger partial charge in [-0.1, -0.05) is 6.07 Å². The second-order valence-electron chi connectivity index (χ2n) is 2.88. The minimum Gasteiger partial charge on any atom is -0.347 e. The maximum absolute atomic E-state index is 11.1. The molecule has 14 heavy (non-hydrogen) atoms. The van der Waals surface area contributed by atoms with Gasteiger partial charge in [-0.2, -0.15) is 5.26 Å². The molecule has 0 bridgehead atoms. The molecule has 0 saturated heterocycles. The SMILES string of the molecule is CC(NC(=O)CC#N)c1ccccn1. The van der Waals surface area contributed by atoms with Crippen LogP contribution >= 0.6 is 0 Å². The molecule has 1 unspecified atom stereocenters. The molecule has 1 rings (SSSR count). The average Bonchev–Trinajstić information content (AvgIpc) is 2.19. The third-order valence-corrected chi connectivity index (χ3v) is 1.75. The highest BCUT2D eigenvalue weighted by molar-refractivity contribution is 5.78. The number of carbonyl (C=O) groups is 1. The molecule has 1 aromatic heterocycles. The van der Waals surface area contributed by atoms with Crippen molar-refractivity contribution in [2.45, 2.75) is 19.4 Å². The van der Waals surface area contributed by atoms with Gasteiger partial charge in [-0.05, 0) is 19.1 Å². The fraction of sp³-hybridized carbons (Fsp3) is 0.300. The predicted molar refractivity (Wildman–Crippen MR) is 51.0 cm³/mol. The minimum absolute atomic E-state index is 0.114. The van der Waals surface area contributed by atoms with Gasteiger partial charge in [0.15, 0.2) is 0 Å². The largest absolute Gasteiger partial charge is 0.347 e. The number of amides is 1. The summed E-state index contributed by atoms with van der Waals surface area (Å²) < 4.78 is 0. The number of nitriles is 1. The smallest absolute Gasteiger partial charge is 0.234 e. The van der Waals surface area contributed by atoms with Gasteiger partial charge >= 0.3 is 0 Å². The summed E-state index contributed by atoms with van der Waals surface area (Å²) in [7, 11) is 0. The molecule has 0 aromatic carbocycles. The van der Waals surface area contributed by atoms with E-state index in [-0.39, 0.29) is 18.4 Å². The number of carbonyl (C=O) groups excluding carboxylic acids is 1. The first-order valence-corrected chi connectivity index (χ1v) is 4.31. The van der Waals surface area contributed by atoms with Crippen molar-refractivity contribution in [1.29, 1.82) is 5.26 Å². The summed E-state index contributed by atoms with van der Waals surface area (Å²) in [4.78, 5) is 15.2. The third-order valence-electron chi connectivity index (χ3n) is 1.75. The zero-order valence-corrected chi connectivity index (χ0v) is 7.90. The van der Waals surface area contributed by atoms with Crippen LogP contribution in [0.2, 0.25) is 0 Å². The molecule has 0 spiro atoms. The highest BCUT2D eigenvalue weighted by atomic mass is 16.1. The lowest BCUT2D eigenvalue weighted by atomic mass is 10.2. The zero-order chi connectivity index (χ0) is 10.4. The van der Waals surface area contributed by atoms with Crippen LogP contribution in [0.4, 0.5) is 0 Å². The van der Waals surface area contributed by atoms with Crippen molar-refractivity contribution in [3.8, 4) is 6.07 Å². The second kappa shape index (κ2) is 4.97. The van der Waals surface area contributed by atoms with E-state index in [0.717, 1.165) is 5.69 Å². The summed E-state index contributed by atoms with van der Waals surface area (Å²) >= 11 is 0. The van der Waals surface area contributed by atoms with Gasteiger partial charge in [-0.25, -0.2) is 0 Å².